The van der Waals surface area contributed by atoms with Crippen molar-refractivity contribution in [1.29, 1.82) is 0 Å². The van der Waals surface area contributed by atoms with Crippen molar-refractivity contribution in [1.82, 2.24) is 19.9 Å². The van der Waals surface area contributed by atoms with E-state index >= 15 is 0 Å². The summed E-state index contributed by atoms with van der Waals surface area (Å²) in [6.07, 6.45) is 8.50. The summed E-state index contributed by atoms with van der Waals surface area (Å²) in [5.74, 6) is 0.741. The zero-order valence-corrected chi connectivity index (χ0v) is 13.6. The van der Waals surface area contributed by atoms with E-state index in [0.29, 0.717) is 4.88 Å². The van der Waals surface area contributed by atoms with Gasteiger partial charge in [-0.05, 0) is 25.3 Å². The van der Waals surface area contributed by atoms with Crippen molar-refractivity contribution >= 4 is 23.2 Å². The Labute approximate surface area is 133 Å². The molecular formula is C15H19N5OS. The molecular weight excluding hydrogens is 298 g/mol. The van der Waals surface area contributed by atoms with Crippen LogP contribution in [-0.2, 0) is 0 Å². The van der Waals surface area contributed by atoms with Gasteiger partial charge in [0.25, 0.3) is 5.91 Å². The number of thiazole rings is 1. The van der Waals surface area contributed by atoms with Crippen LogP contribution in [0.1, 0.15) is 40.0 Å². The first kappa shape index (κ1) is 14.9. The summed E-state index contributed by atoms with van der Waals surface area (Å²) < 4.78 is 0. The van der Waals surface area contributed by atoms with Crippen LogP contribution < -0.4 is 4.90 Å². The fourth-order valence-corrected chi connectivity index (χ4v) is 3.72. The largest absolute Gasteiger partial charge is 0.344 e. The zero-order chi connectivity index (χ0) is 15.5. The maximum Gasteiger partial charge on any atom is 0.265 e. The van der Waals surface area contributed by atoms with Crippen LogP contribution in [0.3, 0.4) is 0 Å². The molecule has 3 rings (SSSR count). The molecule has 0 unspecified atom stereocenters. The average Bonchev–Trinajstić information content (AvgIpc) is 3.04. The molecule has 6 nitrogen and oxygen atoms in total. The molecule has 0 aromatic carbocycles. The highest BCUT2D eigenvalue weighted by Gasteiger charge is 2.29. The monoisotopic (exact) mass is 317 g/mol. The topological polar surface area (TPSA) is 62.2 Å². The second-order valence-electron chi connectivity index (χ2n) is 5.52. The predicted octanol–water partition coefficient (Wildman–Crippen LogP) is 2.37. The van der Waals surface area contributed by atoms with Crippen LogP contribution in [-0.4, -0.2) is 46.4 Å². The Bertz CT molecular complexity index is 642. The molecule has 1 atom stereocenters. The molecule has 1 aliphatic heterocycles. The lowest BCUT2D eigenvalue weighted by Crippen LogP contribution is -2.34. The standard InChI is InChI=1S/C15H19N5OS/c1-19(2)14(21)12-10-18-13(22-12)11-6-3-4-9-20(11)15-16-7-5-8-17-15/h5,7-8,10-11H,3-4,6,9H2,1-2H3/t11-/m1/s1. The van der Waals surface area contributed by atoms with Crippen molar-refractivity contribution in [2.24, 2.45) is 0 Å². The van der Waals surface area contributed by atoms with Crippen molar-refractivity contribution in [2.45, 2.75) is 25.3 Å². The molecule has 7 heteroatoms. The zero-order valence-electron chi connectivity index (χ0n) is 12.8. The summed E-state index contributed by atoms with van der Waals surface area (Å²) in [5, 5.41) is 0.970. The van der Waals surface area contributed by atoms with Crippen molar-refractivity contribution < 1.29 is 4.79 Å². The maximum atomic E-state index is 12.1. The first-order valence-electron chi connectivity index (χ1n) is 7.38. The van der Waals surface area contributed by atoms with Gasteiger partial charge in [-0.1, -0.05) is 0 Å². The molecule has 1 amide bonds. The molecule has 0 saturated carbocycles. The SMILES string of the molecule is CN(C)C(=O)c1cnc([C@H]2CCCCN2c2ncccn2)s1. The minimum Gasteiger partial charge on any atom is -0.344 e. The number of aromatic nitrogens is 3. The third-order valence-corrected chi connectivity index (χ3v) is 4.82. The van der Waals surface area contributed by atoms with Gasteiger partial charge in [0.15, 0.2) is 0 Å². The summed E-state index contributed by atoms with van der Waals surface area (Å²) in [6.45, 7) is 0.922. The lowest BCUT2D eigenvalue weighted by molar-refractivity contribution is 0.0832. The first-order valence-corrected chi connectivity index (χ1v) is 8.19. The summed E-state index contributed by atoms with van der Waals surface area (Å²) in [5.41, 5.74) is 0. The van der Waals surface area contributed by atoms with E-state index in [9.17, 15) is 4.79 Å². The molecule has 0 bridgehead atoms. The summed E-state index contributed by atoms with van der Waals surface area (Å²) in [4.78, 5) is 29.7. The summed E-state index contributed by atoms with van der Waals surface area (Å²) >= 11 is 1.47. The number of hydrogen-bond acceptors (Lipinski definition) is 6. The highest BCUT2D eigenvalue weighted by Crippen LogP contribution is 2.35. The lowest BCUT2D eigenvalue weighted by Gasteiger charge is -2.34. The van der Waals surface area contributed by atoms with Gasteiger partial charge in [0.1, 0.15) is 9.88 Å². The highest BCUT2D eigenvalue weighted by atomic mass is 32.1. The van der Waals surface area contributed by atoms with Crippen LogP contribution in [0.5, 0.6) is 0 Å². The van der Waals surface area contributed by atoms with E-state index in [1.54, 1.807) is 37.6 Å². The molecule has 1 fully saturated rings. The van der Waals surface area contributed by atoms with Crippen LogP contribution in [0, 0.1) is 0 Å². The third-order valence-electron chi connectivity index (χ3n) is 3.74. The number of carbonyl (C=O) groups excluding carboxylic acids is 1. The number of piperidine rings is 1. The second kappa shape index (κ2) is 6.39. The molecule has 0 spiro atoms. The number of amides is 1. The molecule has 1 saturated heterocycles. The van der Waals surface area contributed by atoms with Gasteiger partial charge in [-0.25, -0.2) is 15.0 Å². The number of nitrogens with zero attached hydrogens (tertiary/aromatic N) is 5. The Morgan fingerprint density at radius 2 is 2.05 bits per heavy atom. The molecule has 0 N–H and O–H groups in total. The van der Waals surface area contributed by atoms with E-state index in [-0.39, 0.29) is 11.9 Å². The molecule has 22 heavy (non-hydrogen) atoms. The van der Waals surface area contributed by atoms with E-state index in [1.165, 1.54) is 11.3 Å². The average molecular weight is 317 g/mol. The van der Waals surface area contributed by atoms with Gasteiger partial charge >= 0.3 is 0 Å². The Morgan fingerprint density at radius 1 is 1.27 bits per heavy atom. The minimum atomic E-state index is 0.00192. The first-order chi connectivity index (χ1) is 10.7. The Kier molecular flexibility index (Phi) is 4.33. The molecule has 0 aliphatic carbocycles. The van der Waals surface area contributed by atoms with Crippen molar-refractivity contribution in [3.63, 3.8) is 0 Å². The lowest BCUT2D eigenvalue weighted by atomic mass is 10.0. The van der Waals surface area contributed by atoms with E-state index < -0.39 is 0 Å². The predicted molar refractivity (Wildman–Crippen MR) is 86.1 cm³/mol. The fraction of sp³-hybridized carbons (Fsp3) is 0.467. The molecule has 1 aliphatic rings. The van der Waals surface area contributed by atoms with Gasteiger partial charge in [0.05, 0.1) is 12.2 Å². The molecule has 2 aromatic rings. The number of rotatable bonds is 3. The molecule has 3 heterocycles. The van der Waals surface area contributed by atoms with Gasteiger partial charge in [0, 0.05) is 33.0 Å². The quantitative estimate of drug-likeness (QED) is 0.869. The molecule has 2 aromatic heterocycles. The van der Waals surface area contributed by atoms with Crippen LogP contribution in [0.4, 0.5) is 5.95 Å². The van der Waals surface area contributed by atoms with Gasteiger partial charge in [0.2, 0.25) is 5.95 Å². The van der Waals surface area contributed by atoms with E-state index in [4.69, 9.17) is 0 Å². The Balaban J connectivity index is 1.87. The van der Waals surface area contributed by atoms with Crippen molar-refractivity contribution in [2.75, 3.05) is 25.5 Å². The number of anilines is 1. The Hall–Kier alpha value is -2.02. The van der Waals surface area contributed by atoms with E-state index in [2.05, 4.69) is 19.9 Å². The Morgan fingerprint density at radius 3 is 2.77 bits per heavy atom. The summed E-state index contributed by atoms with van der Waals surface area (Å²) in [7, 11) is 3.51. The molecule has 116 valence electrons. The van der Waals surface area contributed by atoms with Crippen molar-refractivity contribution in [3.8, 4) is 0 Å². The number of hydrogen-bond donors (Lipinski definition) is 0. The minimum absolute atomic E-state index is 0.00192. The third kappa shape index (κ3) is 2.94. The fourth-order valence-electron chi connectivity index (χ4n) is 2.63. The second-order valence-corrected chi connectivity index (χ2v) is 6.58. The summed E-state index contributed by atoms with van der Waals surface area (Å²) in [6, 6.07) is 1.98. The van der Waals surface area contributed by atoms with Crippen LogP contribution in [0.2, 0.25) is 0 Å². The van der Waals surface area contributed by atoms with Gasteiger partial charge < -0.3 is 9.80 Å². The number of carbonyl (C=O) groups is 1. The van der Waals surface area contributed by atoms with E-state index in [0.717, 1.165) is 36.8 Å². The molecule has 0 radical (unpaired) electrons. The van der Waals surface area contributed by atoms with Gasteiger partial charge in [-0.3, -0.25) is 4.79 Å². The van der Waals surface area contributed by atoms with E-state index in [1.807, 2.05) is 6.07 Å². The normalized spacial score (nSPS) is 18.3. The smallest absolute Gasteiger partial charge is 0.265 e. The van der Waals surface area contributed by atoms with Crippen LogP contribution >= 0.6 is 11.3 Å². The van der Waals surface area contributed by atoms with Crippen molar-refractivity contribution in [3.05, 3.63) is 34.5 Å². The maximum absolute atomic E-state index is 12.1. The highest BCUT2D eigenvalue weighted by molar-refractivity contribution is 7.13. The van der Waals surface area contributed by atoms with Gasteiger partial charge in [-0.15, -0.1) is 11.3 Å². The van der Waals surface area contributed by atoms with Crippen LogP contribution in [0.25, 0.3) is 0 Å². The van der Waals surface area contributed by atoms with Gasteiger partial charge in [-0.2, -0.15) is 0 Å². The van der Waals surface area contributed by atoms with Crippen LogP contribution in [0.15, 0.2) is 24.7 Å².